The molecule has 5 nitrogen and oxygen atoms in total. The van der Waals surface area contributed by atoms with Crippen molar-refractivity contribution >= 4 is 11.8 Å². The van der Waals surface area contributed by atoms with Gasteiger partial charge in [-0.05, 0) is 13.3 Å². The normalized spacial score (nSPS) is 26.6. The van der Waals surface area contributed by atoms with Crippen molar-refractivity contribution < 1.29 is 14.3 Å². The first-order valence-corrected chi connectivity index (χ1v) is 5.69. The summed E-state index contributed by atoms with van der Waals surface area (Å²) in [5.74, 6) is -0.0504. The van der Waals surface area contributed by atoms with E-state index in [-0.39, 0.29) is 23.9 Å². The molecule has 0 aromatic carbocycles. The highest BCUT2D eigenvalue weighted by atomic mass is 16.5. The first kappa shape index (κ1) is 13.0. The Labute approximate surface area is 96.1 Å². The molecule has 1 saturated heterocycles. The van der Waals surface area contributed by atoms with E-state index in [1.807, 2.05) is 13.8 Å². The summed E-state index contributed by atoms with van der Waals surface area (Å²) in [7, 11) is 1.60. The molecule has 1 heterocycles. The number of rotatable bonds is 4. The Morgan fingerprint density at radius 1 is 1.50 bits per heavy atom. The fraction of sp³-hybridized carbons (Fsp3) is 0.818. The van der Waals surface area contributed by atoms with Gasteiger partial charge in [-0.1, -0.05) is 6.92 Å². The van der Waals surface area contributed by atoms with E-state index in [9.17, 15) is 9.59 Å². The minimum Gasteiger partial charge on any atom is -0.383 e. The van der Waals surface area contributed by atoms with E-state index in [2.05, 4.69) is 5.32 Å². The van der Waals surface area contributed by atoms with Gasteiger partial charge in [0, 0.05) is 26.1 Å². The van der Waals surface area contributed by atoms with Gasteiger partial charge in [0.2, 0.25) is 11.8 Å². The van der Waals surface area contributed by atoms with Crippen molar-refractivity contribution in [3.63, 3.8) is 0 Å². The molecule has 1 aliphatic rings. The molecule has 1 fully saturated rings. The van der Waals surface area contributed by atoms with E-state index in [0.29, 0.717) is 26.0 Å². The van der Waals surface area contributed by atoms with Crippen LogP contribution in [0.2, 0.25) is 0 Å². The number of methoxy groups -OCH3 is 1. The molecule has 0 radical (unpaired) electrons. The molecule has 2 atom stereocenters. The summed E-state index contributed by atoms with van der Waals surface area (Å²) in [6.07, 6.45) is 0.993. The molecule has 0 aromatic rings. The van der Waals surface area contributed by atoms with Gasteiger partial charge < -0.3 is 15.0 Å². The maximum Gasteiger partial charge on any atom is 0.245 e. The highest BCUT2D eigenvalue weighted by Gasteiger charge is 2.32. The van der Waals surface area contributed by atoms with Crippen LogP contribution in [0.15, 0.2) is 0 Å². The van der Waals surface area contributed by atoms with Crippen LogP contribution in [0.25, 0.3) is 0 Å². The summed E-state index contributed by atoms with van der Waals surface area (Å²) < 4.78 is 4.98. The van der Waals surface area contributed by atoms with Crippen LogP contribution in [0.3, 0.4) is 0 Å². The minimum atomic E-state index is -0.380. The van der Waals surface area contributed by atoms with E-state index < -0.39 is 0 Å². The van der Waals surface area contributed by atoms with Gasteiger partial charge in [0.1, 0.15) is 6.04 Å². The predicted octanol–water partition coefficient (Wildman–Crippen LogP) is 0.148. The summed E-state index contributed by atoms with van der Waals surface area (Å²) >= 11 is 0. The largest absolute Gasteiger partial charge is 0.383 e. The monoisotopic (exact) mass is 228 g/mol. The standard InChI is InChI=1S/C11H20N2O3/c1-4-9-11(15)13(5-6-16-3)8(2)7-10(14)12-9/h8-9H,4-7H2,1-3H3,(H,12,14). The van der Waals surface area contributed by atoms with Gasteiger partial charge in [-0.3, -0.25) is 9.59 Å². The molecule has 5 heteroatoms. The Kier molecular flexibility index (Phi) is 4.73. The molecule has 92 valence electrons. The van der Waals surface area contributed by atoms with Gasteiger partial charge in [-0.25, -0.2) is 0 Å². The van der Waals surface area contributed by atoms with Crippen LogP contribution in [0.1, 0.15) is 26.7 Å². The Morgan fingerprint density at radius 2 is 2.19 bits per heavy atom. The Bertz CT molecular complexity index is 268. The van der Waals surface area contributed by atoms with Gasteiger partial charge in [-0.2, -0.15) is 0 Å². The lowest BCUT2D eigenvalue weighted by atomic mass is 10.2. The van der Waals surface area contributed by atoms with E-state index >= 15 is 0 Å². The van der Waals surface area contributed by atoms with Gasteiger partial charge in [0.05, 0.1) is 6.61 Å². The second kappa shape index (κ2) is 5.84. The number of amides is 2. The van der Waals surface area contributed by atoms with Crippen molar-refractivity contribution in [3.05, 3.63) is 0 Å². The Hall–Kier alpha value is -1.10. The molecule has 2 amide bonds. The SMILES string of the molecule is CCC1NC(=O)CC(C)N(CCOC)C1=O. The predicted molar refractivity (Wildman–Crippen MR) is 59.9 cm³/mol. The number of nitrogens with one attached hydrogen (secondary N) is 1. The maximum atomic E-state index is 12.1. The number of hydrogen-bond acceptors (Lipinski definition) is 3. The molecule has 16 heavy (non-hydrogen) atoms. The number of carbonyl (C=O) groups excluding carboxylic acids is 2. The molecule has 1 N–H and O–H groups in total. The molecule has 0 spiro atoms. The molecule has 1 aliphatic heterocycles. The third-order valence-electron chi connectivity index (χ3n) is 2.87. The first-order chi connectivity index (χ1) is 7.60. The average Bonchev–Trinajstić information content (AvgIpc) is 2.34. The number of carbonyl (C=O) groups is 2. The number of nitrogens with zero attached hydrogens (tertiary/aromatic N) is 1. The third-order valence-corrected chi connectivity index (χ3v) is 2.87. The lowest BCUT2D eigenvalue weighted by Crippen LogP contribution is -2.47. The quantitative estimate of drug-likeness (QED) is 0.745. The molecule has 2 unspecified atom stereocenters. The molecular formula is C11H20N2O3. The van der Waals surface area contributed by atoms with Crippen LogP contribution in [0.4, 0.5) is 0 Å². The molecule has 0 aromatic heterocycles. The van der Waals surface area contributed by atoms with Crippen LogP contribution in [-0.2, 0) is 14.3 Å². The zero-order chi connectivity index (χ0) is 12.1. The lowest BCUT2D eigenvalue weighted by molar-refractivity contribution is -0.135. The van der Waals surface area contributed by atoms with E-state index in [1.165, 1.54) is 0 Å². The Balaban J connectivity index is 2.77. The van der Waals surface area contributed by atoms with Crippen molar-refractivity contribution in [2.24, 2.45) is 0 Å². The van der Waals surface area contributed by atoms with Gasteiger partial charge >= 0.3 is 0 Å². The summed E-state index contributed by atoms with van der Waals surface area (Å²) in [5, 5.41) is 2.74. The van der Waals surface area contributed by atoms with Crippen LogP contribution >= 0.6 is 0 Å². The fourth-order valence-corrected chi connectivity index (χ4v) is 1.91. The van der Waals surface area contributed by atoms with Crippen LogP contribution in [0.5, 0.6) is 0 Å². The highest BCUT2D eigenvalue weighted by molar-refractivity contribution is 5.90. The van der Waals surface area contributed by atoms with Crippen LogP contribution in [-0.4, -0.2) is 49.1 Å². The van der Waals surface area contributed by atoms with Gasteiger partial charge in [0.25, 0.3) is 0 Å². The van der Waals surface area contributed by atoms with Crippen LogP contribution in [0, 0.1) is 0 Å². The summed E-state index contributed by atoms with van der Waals surface area (Å²) in [4.78, 5) is 25.3. The van der Waals surface area contributed by atoms with Crippen LogP contribution < -0.4 is 5.32 Å². The second-order valence-corrected chi connectivity index (χ2v) is 4.11. The van der Waals surface area contributed by atoms with E-state index in [4.69, 9.17) is 4.74 Å². The van der Waals surface area contributed by atoms with Crippen molar-refractivity contribution in [1.29, 1.82) is 0 Å². The van der Waals surface area contributed by atoms with Crippen molar-refractivity contribution in [1.82, 2.24) is 10.2 Å². The smallest absolute Gasteiger partial charge is 0.245 e. The molecular weight excluding hydrogens is 208 g/mol. The second-order valence-electron chi connectivity index (χ2n) is 4.11. The van der Waals surface area contributed by atoms with Crippen molar-refractivity contribution in [2.45, 2.75) is 38.8 Å². The molecule has 0 aliphatic carbocycles. The lowest BCUT2D eigenvalue weighted by Gasteiger charge is -2.28. The first-order valence-electron chi connectivity index (χ1n) is 5.69. The number of hydrogen-bond donors (Lipinski definition) is 1. The maximum absolute atomic E-state index is 12.1. The Morgan fingerprint density at radius 3 is 2.75 bits per heavy atom. The van der Waals surface area contributed by atoms with E-state index in [0.717, 1.165) is 0 Å². The molecule has 1 rings (SSSR count). The topological polar surface area (TPSA) is 58.6 Å². The fourth-order valence-electron chi connectivity index (χ4n) is 1.91. The van der Waals surface area contributed by atoms with Crippen molar-refractivity contribution in [3.8, 4) is 0 Å². The average molecular weight is 228 g/mol. The number of ether oxygens (including phenoxy) is 1. The minimum absolute atomic E-state index is 0.00194. The molecule has 0 bridgehead atoms. The van der Waals surface area contributed by atoms with Gasteiger partial charge in [0.15, 0.2) is 0 Å². The third kappa shape index (κ3) is 2.95. The zero-order valence-corrected chi connectivity index (χ0v) is 10.2. The molecule has 0 saturated carbocycles. The van der Waals surface area contributed by atoms with E-state index in [1.54, 1.807) is 12.0 Å². The zero-order valence-electron chi connectivity index (χ0n) is 10.2. The summed E-state index contributed by atoms with van der Waals surface area (Å²) in [6, 6.07) is -0.437. The van der Waals surface area contributed by atoms with Crippen molar-refractivity contribution in [2.75, 3.05) is 20.3 Å². The van der Waals surface area contributed by atoms with Gasteiger partial charge in [-0.15, -0.1) is 0 Å². The summed E-state index contributed by atoms with van der Waals surface area (Å²) in [6.45, 7) is 4.83. The highest BCUT2D eigenvalue weighted by Crippen LogP contribution is 2.12. The summed E-state index contributed by atoms with van der Waals surface area (Å²) in [5.41, 5.74) is 0.